The number of aromatic nitrogens is 2. The number of halogens is 3. The minimum Gasteiger partial charge on any atom is -0.497 e. The van der Waals surface area contributed by atoms with E-state index in [1.54, 1.807) is 56.4 Å². The van der Waals surface area contributed by atoms with Crippen molar-refractivity contribution >= 4 is 21.7 Å². The molecule has 0 spiro atoms. The minimum atomic E-state index is -4.89. The number of anilines is 2. The molecule has 0 saturated heterocycles. The fourth-order valence-electron chi connectivity index (χ4n) is 3.02. The van der Waals surface area contributed by atoms with Crippen LogP contribution in [0.1, 0.15) is 5.56 Å². The van der Waals surface area contributed by atoms with Crippen molar-refractivity contribution in [3.05, 3.63) is 60.3 Å². The summed E-state index contributed by atoms with van der Waals surface area (Å²) in [5.74, 6) is 0.725. The van der Waals surface area contributed by atoms with Gasteiger partial charge in [0, 0.05) is 30.5 Å². The van der Waals surface area contributed by atoms with Crippen LogP contribution in [-0.4, -0.2) is 57.6 Å². The number of hydrogen-bond donors (Lipinski definition) is 2. The highest BCUT2D eigenvalue weighted by Gasteiger charge is 2.37. The molecule has 182 valence electrons. The van der Waals surface area contributed by atoms with E-state index < -0.39 is 26.7 Å². The average Bonchev–Trinajstić information content (AvgIpc) is 2.78. The third kappa shape index (κ3) is 6.43. The highest BCUT2D eigenvalue weighted by molar-refractivity contribution is 7.89. The fourth-order valence-corrected chi connectivity index (χ4v) is 4.24. The number of nitrogens with one attached hydrogen (secondary N) is 2. The summed E-state index contributed by atoms with van der Waals surface area (Å²) in [5.41, 5.74) is 0.000526. The molecule has 3 aromatic rings. The number of hydrogen-bond acceptors (Lipinski definition) is 7. The van der Waals surface area contributed by atoms with Gasteiger partial charge in [0.25, 0.3) is 0 Å². The number of ether oxygens (including phenoxy) is 1. The number of likely N-dealkylation sites (N-methyl/N-ethyl adjacent to an activating group) is 1. The number of benzene rings is 2. The summed E-state index contributed by atoms with van der Waals surface area (Å²) in [7, 11) is 0.623. The van der Waals surface area contributed by atoms with Crippen molar-refractivity contribution in [2.24, 2.45) is 0 Å². The van der Waals surface area contributed by atoms with Gasteiger partial charge in [-0.25, -0.2) is 23.1 Å². The van der Waals surface area contributed by atoms with E-state index in [0.29, 0.717) is 18.0 Å². The molecule has 2 aromatic carbocycles. The lowest BCUT2D eigenvalue weighted by Crippen LogP contribution is -2.32. The molecule has 1 heterocycles. The summed E-state index contributed by atoms with van der Waals surface area (Å²) in [6, 6.07) is 11.6. The Balaban J connectivity index is 1.88. The molecule has 3 rings (SSSR count). The summed E-state index contributed by atoms with van der Waals surface area (Å²) in [4.78, 5) is 9.24. The highest BCUT2D eigenvalue weighted by Crippen LogP contribution is 2.36. The number of methoxy groups -OCH3 is 1. The van der Waals surface area contributed by atoms with Crippen LogP contribution in [0, 0.1) is 0 Å². The first-order valence-corrected chi connectivity index (χ1v) is 11.6. The first kappa shape index (κ1) is 25.4. The molecule has 2 N–H and O–H groups in total. The van der Waals surface area contributed by atoms with E-state index in [0.717, 1.165) is 17.7 Å². The molecule has 0 atom stereocenters. The van der Waals surface area contributed by atoms with Crippen LogP contribution in [0.3, 0.4) is 0 Å². The summed E-state index contributed by atoms with van der Waals surface area (Å²) < 4.78 is 73.5. The third-order valence-corrected chi connectivity index (χ3v) is 6.24. The number of alkyl halides is 3. The molecule has 12 heteroatoms. The Hall–Kier alpha value is -3.22. The van der Waals surface area contributed by atoms with Crippen molar-refractivity contribution in [1.82, 2.24) is 19.6 Å². The molecule has 0 aliphatic carbocycles. The van der Waals surface area contributed by atoms with Crippen LogP contribution in [0.25, 0.3) is 11.3 Å². The van der Waals surface area contributed by atoms with Crippen molar-refractivity contribution < 1.29 is 26.3 Å². The Bertz CT molecular complexity index is 1230. The Morgan fingerprint density at radius 2 is 1.76 bits per heavy atom. The van der Waals surface area contributed by atoms with Crippen molar-refractivity contribution in [3.63, 3.8) is 0 Å². The Kier molecular flexibility index (Phi) is 7.75. The number of sulfonamides is 1. The lowest BCUT2D eigenvalue weighted by atomic mass is 10.1. The quantitative estimate of drug-likeness (QED) is 0.467. The molecule has 8 nitrogen and oxygen atoms in total. The van der Waals surface area contributed by atoms with Crippen molar-refractivity contribution in [2.45, 2.75) is 11.1 Å². The maximum absolute atomic E-state index is 13.7. The van der Waals surface area contributed by atoms with Crippen LogP contribution in [0.15, 0.2) is 59.6 Å². The maximum atomic E-state index is 13.7. The van der Waals surface area contributed by atoms with E-state index in [1.165, 1.54) is 12.3 Å². The van der Waals surface area contributed by atoms with Gasteiger partial charge in [-0.1, -0.05) is 0 Å². The van der Waals surface area contributed by atoms with E-state index in [-0.39, 0.29) is 18.2 Å². The van der Waals surface area contributed by atoms with Crippen LogP contribution < -0.4 is 14.8 Å². The van der Waals surface area contributed by atoms with Gasteiger partial charge in [0.15, 0.2) is 0 Å². The largest absolute Gasteiger partial charge is 0.497 e. The number of nitrogens with zero attached hydrogens (tertiary/aromatic N) is 3. The van der Waals surface area contributed by atoms with Crippen molar-refractivity contribution in [2.75, 3.05) is 39.6 Å². The molecule has 0 aliphatic heterocycles. The topological polar surface area (TPSA) is 96.4 Å². The van der Waals surface area contributed by atoms with Crippen molar-refractivity contribution in [1.29, 1.82) is 0 Å². The van der Waals surface area contributed by atoms with Gasteiger partial charge in [-0.3, -0.25) is 0 Å². The van der Waals surface area contributed by atoms with Crippen molar-refractivity contribution in [3.8, 4) is 17.0 Å². The summed E-state index contributed by atoms with van der Waals surface area (Å²) >= 11 is 0. The van der Waals surface area contributed by atoms with Gasteiger partial charge in [-0.2, -0.15) is 13.2 Å². The Morgan fingerprint density at radius 3 is 2.38 bits per heavy atom. The lowest BCUT2D eigenvalue weighted by Gasteiger charge is -2.17. The molecule has 0 bridgehead atoms. The lowest BCUT2D eigenvalue weighted by molar-refractivity contribution is -0.139. The van der Waals surface area contributed by atoms with Gasteiger partial charge in [-0.05, 0) is 62.6 Å². The zero-order valence-electron chi connectivity index (χ0n) is 18.7. The van der Waals surface area contributed by atoms with Gasteiger partial charge in [0.2, 0.25) is 16.0 Å². The predicted octanol–water partition coefficient (Wildman–Crippen LogP) is 3.75. The second-order valence-corrected chi connectivity index (χ2v) is 9.26. The van der Waals surface area contributed by atoms with E-state index in [4.69, 9.17) is 4.74 Å². The van der Waals surface area contributed by atoms with Crippen LogP contribution in [-0.2, 0) is 16.2 Å². The minimum absolute atomic E-state index is 0.00792. The zero-order chi connectivity index (χ0) is 24.9. The van der Waals surface area contributed by atoms with Gasteiger partial charge in [0.05, 0.1) is 23.3 Å². The summed E-state index contributed by atoms with van der Waals surface area (Å²) in [5, 5.41) is 2.72. The van der Waals surface area contributed by atoms with E-state index in [9.17, 15) is 21.6 Å². The smallest absolute Gasteiger partial charge is 0.417 e. The van der Waals surface area contributed by atoms with E-state index in [2.05, 4.69) is 20.0 Å². The third-order valence-electron chi connectivity index (χ3n) is 4.72. The van der Waals surface area contributed by atoms with Gasteiger partial charge in [-0.15, -0.1) is 0 Å². The van der Waals surface area contributed by atoms with E-state index in [1.807, 2.05) is 0 Å². The second-order valence-electron chi connectivity index (χ2n) is 7.53. The first-order chi connectivity index (χ1) is 16.0. The summed E-state index contributed by atoms with van der Waals surface area (Å²) in [6.07, 6.45) is -3.43. The molecule has 1 aromatic heterocycles. The molecule has 0 aliphatic rings. The predicted molar refractivity (Wildman–Crippen MR) is 122 cm³/mol. The number of rotatable bonds is 9. The molecule has 0 fully saturated rings. The molecular weight excluding hydrogens is 471 g/mol. The monoisotopic (exact) mass is 495 g/mol. The molecular formula is C22H24F3N5O3S. The fraction of sp³-hybridized carbons (Fsp3) is 0.273. The van der Waals surface area contributed by atoms with Crippen LogP contribution >= 0.6 is 0 Å². The Morgan fingerprint density at radius 1 is 1.06 bits per heavy atom. The standard InChI is InChI=1S/C22H24F3N5O3S/c1-30(2)13-12-27-34(31,32)20-9-6-16(14-18(20)22(23,24)25)28-21-26-11-10-19(29-21)15-4-7-17(33-3)8-5-15/h4-11,14,27H,12-13H2,1-3H3,(H,26,28,29). The van der Waals surface area contributed by atoms with Gasteiger partial charge >= 0.3 is 6.18 Å². The molecule has 0 amide bonds. The maximum Gasteiger partial charge on any atom is 0.417 e. The highest BCUT2D eigenvalue weighted by atomic mass is 32.2. The molecule has 0 radical (unpaired) electrons. The molecule has 34 heavy (non-hydrogen) atoms. The normalized spacial score (nSPS) is 12.1. The van der Waals surface area contributed by atoms with Crippen LogP contribution in [0.5, 0.6) is 5.75 Å². The molecule has 0 saturated carbocycles. The second kappa shape index (κ2) is 10.4. The van der Waals surface area contributed by atoms with Gasteiger partial charge in [0.1, 0.15) is 5.75 Å². The molecule has 0 unspecified atom stereocenters. The first-order valence-electron chi connectivity index (χ1n) is 10.1. The zero-order valence-corrected chi connectivity index (χ0v) is 19.5. The Labute approximate surface area is 195 Å². The SMILES string of the molecule is COc1ccc(-c2ccnc(Nc3ccc(S(=O)(=O)NCCN(C)C)c(C(F)(F)F)c3)n2)cc1. The van der Waals surface area contributed by atoms with Crippen LogP contribution in [0.4, 0.5) is 24.8 Å². The van der Waals surface area contributed by atoms with Gasteiger partial charge < -0.3 is 15.0 Å². The summed E-state index contributed by atoms with van der Waals surface area (Å²) in [6.45, 7) is 0.306. The van der Waals surface area contributed by atoms with Crippen LogP contribution in [0.2, 0.25) is 0 Å². The average molecular weight is 496 g/mol. The van der Waals surface area contributed by atoms with E-state index >= 15 is 0 Å².